The molecule has 0 spiro atoms. The average molecular weight is 413 g/mol. The monoisotopic (exact) mass is 412 g/mol. The number of esters is 1. The number of aromatic nitrogens is 1. The maximum absolute atomic E-state index is 12.1. The number of nitrogens with zero attached hydrogens (tertiary/aromatic N) is 1. The zero-order valence-electron chi connectivity index (χ0n) is 16.0. The van der Waals surface area contributed by atoms with Crippen LogP contribution in [0, 0.1) is 0 Å². The Kier molecular flexibility index (Phi) is 5.20. The number of halogens is 1. The number of rotatable bonds is 6. The van der Waals surface area contributed by atoms with E-state index in [0.717, 1.165) is 34.1 Å². The quantitative estimate of drug-likeness (QED) is 0.629. The molecule has 0 aliphatic heterocycles. The van der Waals surface area contributed by atoms with Gasteiger partial charge in [0.2, 0.25) is 5.91 Å². The fraction of sp³-hybridized carbons (Fsp3) is 0.273. The van der Waals surface area contributed by atoms with E-state index < -0.39 is 5.97 Å². The molecule has 1 atom stereocenters. The van der Waals surface area contributed by atoms with Gasteiger partial charge in [0.05, 0.1) is 18.5 Å². The smallest absolute Gasteiger partial charge is 0.343 e. The van der Waals surface area contributed by atoms with Crippen LogP contribution in [0.25, 0.3) is 10.9 Å². The first kappa shape index (κ1) is 19.3. The number of benzene rings is 2. The number of amides is 1. The van der Waals surface area contributed by atoms with Gasteiger partial charge in [-0.05, 0) is 42.2 Å². The Hall–Kier alpha value is -2.99. The van der Waals surface area contributed by atoms with Crippen LogP contribution in [-0.4, -0.2) is 30.2 Å². The number of carbonyl (C=O) groups excluding carboxylic acids is 2. The number of methoxy groups -OCH3 is 1. The van der Waals surface area contributed by atoms with E-state index in [4.69, 9.17) is 22.1 Å². The minimum Gasteiger partial charge on any atom is -0.481 e. The molecule has 1 aliphatic carbocycles. The van der Waals surface area contributed by atoms with Crippen molar-refractivity contribution >= 4 is 34.4 Å². The maximum Gasteiger partial charge on any atom is 0.343 e. The van der Waals surface area contributed by atoms with Gasteiger partial charge in [0.15, 0.2) is 6.61 Å². The topological polar surface area (TPSA) is 83.6 Å². The molecule has 1 aliphatic rings. The summed E-state index contributed by atoms with van der Waals surface area (Å²) in [6, 6.07) is 13.3. The Bertz CT molecular complexity index is 1110. The van der Waals surface area contributed by atoms with Crippen molar-refractivity contribution in [3.05, 3.63) is 64.3 Å². The van der Waals surface area contributed by atoms with Crippen LogP contribution in [0.1, 0.15) is 29.2 Å². The van der Waals surface area contributed by atoms with Crippen molar-refractivity contribution in [3.63, 3.8) is 0 Å². The van der Waals surface area contributed by atoms with Crippen molar-refractivity contribution in [1.29, 1.82) is 0 Å². The number of carbonyl (C=O) groups is 2. The molecule has 0 saturated heterocycles. The van der Waals surface area contributed by atoms with Crippen molar-refractivity contribution in [2.45, 2.75) is 25.3 Å². The first-order valence-electron chi connectivity index (χ1n) is 9.37. The highest BCUT2D eigenvalue weighted by Gasteiger charge is 2.34. The van der Waals surface area contributed by atoms with Gasteiger partial charge < -0.3 is 19.8 Å². The molecule has 1 amide bonds. The molecule has 1 heterocycles. The number of fused-ring (bicyclic) bond motifs is 3. The Morgan fingerprint density at radius 3 is 2.72 bits per heavy atom. The first-order chi connectivity index (χ1) is 14.0. The summed E-state index contributed by atoms with van der Waals surface area (Å²) in [5.41, 5.74) is 9.54. The predicted octanol–water partition coefficient (Wildman–Crippen LogP) is 3.41. The van der Waals surface area contributed by atoms with E-state index in [1.165, 1.54) is 7.11 Å². The molecule has 150 valence electrons. The van der Waals surface area contributed by atoms with Crippen LogP contribution < -0.4 is 10.5 Å². The Morgan fingerprint density at radius 2 is 2.00 bits per heavy atom. The predicted molar refractivity (Wildman–Crippen MR) is 110 cm³/mol. The molecule has 0 fully saturated rings. The number of hydrogen-bond donors (Lipinski definition) is 1. The van der Waals surface area contributed by atoms with Gasteiger partial charge in [0.1, 0.15) is 5.75 Å². The van der Waals surface area contributed by atoms with Crippen molar-refractivity contribution in [3.8, 4) is 5.75 Å². The second-order valence-corrected chi connectivity index (χ2v) is 7.45. The highest BCUT2D eigenvalue weighted by Crippen LogP contribution is 2.44. The van der Waals surface area contributed by atoms with Crippen LogP contribution in [0.3, 0.4) is 0 Å². The van der Waals surface area contributed by atoms with E-state index in [2.05, 4.69) is 9.30 Å². The van der Waals surface area contributed by atoms with Gasteiger partial charge in [-0.15, -0.1) is 0 Å². The standard InChI is InChI=1S/C22H21ClN2O4/c1-28-19(26)12-29-18-8-4-7-16-21(18)20-14(22(24)27)9-10-17(20)25(16)11-13-5-2-3-6-15(13)23/h2-8,14H,9-12H2,1H3,(H2,24,27). The lowest BCUT2D eigenvalue weighted by atomic mass is 9.99. The fourth-order valence-corrected chi connectivity index (χ4v) is 4.29. The highest BCUT2D eigenvalue weighted by molar-refractivity contribution is 6.31. The summed E-state index contributed by atoms with van der Waals surface area (Å²) in [5.74, 6) is -0.679. The summed E-state index contributed by atoms with van der Waals surface area (Å²) in [5, 5.41) is 1.51. The Morgan fingerprint density at radius 1 is 1.21 bits per heavy atom. The molecule has 1 aromatic heterocycles. The van der Waals surface area contributed by atoms with Crippen LogP contribution in [0.4, 0.5) is 0 Å². The molecule has 0 saturated carbocycles. The second-order valence-electron chi connectivity index (χ2n) is 7.05. The molecule has 1 unspecified atom stereocenters. The molecule has 6 nitrogen and oxygen atoms in total. The molecule has 0 radical (unpaired) electrons. The first-order valence-corrected chi connectivity index (χ1v) is 9.75. The molecule has 29 heavy (non-hydrogen) atoms. The molecule has 0 bridgehead atoms. The Labute approximate surface area is 173 Å². The van der Waals surface area contributed by atoms with E-state index >= 15 is 0 Å². The SMILES string of the molecule is COC(=O)COc1cccc2c1c1c(n2Cc2ccccc2Cl)CCC1C(N)=O. The van der Waals surface area contributed by atoms with Crippen molar-refractivity contribution < 1.29 is 19.1 Å². The number of hydrogen-bond acceptors (Lipinski definition) is 4. The average Bonchev–Trinajstić information content (AvgIpc) is 3.27. The maximum atomic E-state index is 12.1. The van der Waals surface area contributed by atoms with Crippen molar-refractivity contribution in [1.82, 2.24) is 4.57 Å². The van der Waals surface area contributed by atoms with Crippen LogP contribution >= 0.6 is 11.6 Å². The minimum absolute atomic E-state index is 0.207. The third-order valence-corrected chi connectivity index (χ3v) is 5.79. The second kappa shape index (κ2) is 7.79. The van der Waals surface area contributed by atoms with Gasteiger partial charge >= 0.3 is 5.97 Å². The van der Waals surface area contributed by atoms with Gasteiger partial charge in [0, 0.05) is 22.6 Å². The van der Waals surface area contributed by atoms with Crippen LogP contribution in [0.15, 0.2) is 42.5 Å². The van der Waals surface area contributed by atoms with E-state index in [1.54, 1.807) is 6.07 Å². The van der Waals surface area contributed by atoms with Crippen LogP contribution in [0.2, 0.25) is 5.02 Å². The third-order valence-electron chi connectivity index (χ3n) is 5.42. The summed E-state index contributed by atoms with van der Waals surface area (Å²) < 4.78 is 12.6. The number of nitrogens with two attached hydrogens (primary N) is 1. The molecule has 2 N–H and O–H groups in total. The zero-order valence-corrected chi connectivity index (χ0v) is 16.7. The summed E-state index contributed by atoms with van der Waals surface area (Å²) in [6.45, 7) is 0.360. The number of primary amides is 1. The minimum atomic E-state index is -0.472. The van der Waals surface area contributed by atoms with E-state index in [1.807, 2.05) is 36.4 Å². The summed E-state index contributed by atoms with van der Waals surface area (Å²) in [4.78, 5) is 23.7. The van der Waals surface area contributed by atoms with E-state index in [0.29, 0.717) is 23.7 Å². The molecular formula is C22H21ClN2O4. The Balaban J connectivity index is 1.88. The summed E-state index contributed by atoms with van der Waals surface area (Å²) in [7, 11) is 1.31. The largest absolute Gasteiger partial charge is 0.481 e. The summed E-state index contributed by atoms with van der Waals surface area (Å²) in [6.07, 6.45) is 1.39. The normalized spacial score (nSPS) is 15.3. The van der Waals surface area contributed by atoms with Gasteiger partial charge in [-0.2, -0.15) is 0 Å². The van der Waals surface area contributed by atoms with Crippen molar-refractivity contribution in [2.24, 2.45) is 5.73 Å². The van der Waals surface area contributed by atoms with Crippen LogP contribution in [0.5, 0.6) is 5.75 Å². The molecule has 2 aromatic carbocycles. The number of ether oxygens (including phenoxy) is 2. The van der Waals surface area contributed by atoms with Crippen molar-refractivity contribution in [2.75, 3.05) is 13.7 Å². The molecule has 3 aromatic rings. The van der Waals surface area contributed by atoms with Gasteiger partial charge in [-0.3, -0.25) is 4.79 Å². The third kappa shape index (κ3) is 3.44. The highest BCUT2D eigenvalue weighted by atomic mass is 35.5. The zero-order chi connectivity index (χ0) is 20.5. The van der Waals surface area contributed by atoms with Gasteiger partial charge in [-0.1, -0.05) is 35.9 Å². The lowest BCUT2D eigenvalue weighted by Gasteiger charge is -2.12. The van der Waals surface area contributed by atoms with Gasteiger partial charge in [-0.25, -0.2) is 4.79 Å². The van der Waals surface area contributed by atoms with E-state index in [-0.39, 0.29) is 18.4 Å². The lowest BCUT2D eigenvalue weighted by Crippen LogP contribution is -2.19. The molecular weight excluding hydrogens is 392 g/mol. The van der Waals surface area contributed by atoms with Crippen LogP contribution in [-0.2, 0) is 27.3 Å². The summed E-state index contributed by atoms with van der Waals surface area (Å²) >= 11 is 6.39. The van der Waals surface area contributed by atoms with Gasteiger partial charge in [0.25, 0.3) is 0 Å². The fourth-order valence-electron chi connectivity index (χ4n) is 4.10. The molecule has 4 rings (SSSR count). The molecule has 7 heteroatoms. The lowest BCUT2D eigenvalue weighted by molar-refractivity contribution is -0.142. The van der Waals surface area contributed by atoms with E-state index in [9.17, 15) is 9.59 Å².